The molecule has 0 bridgehead atoms. The van der Waals surface area contributed by atoms with Gasteiger partial charge in [-0.2, -0.15) is 23.5 Å². The van der Waals surface area contributed by atoms with Crippen LogP contribution in [0.2, 0.25) is 0 Å². The third-order valence-corrected chi connectivity index (χ3v) is 4.47. The third kappa shape index (κ3) is 7.37. The van der Waals surface area contributed by atoms with E-state index >= 15 is 0 Å². The van der Waals surface area contributed by atoms with Gasteiger partial charge in [0.15, 0.2) is 0 Å². The molecule has 0 aromatic rings. The topological polar surface area (TPSA) is 72.5 Å². The van der Waals surface area contributed by atoms with Crippen LogP contribution in [0.5, 0.6) is 0 Å². The molecule has 1 N–H and O–H groups in total. The molecule has 96 valence electrons. The first-order valence-corrected chi connectivity index (χ1v) is 8.21. The highest BCUT2D eigenvalue weighted by Gasteiger charge is 2.11. The Balaban J connectivity index is 3.69. The van der Waals surface area contributed by atoms with Crippen molar-refractivity contribution in [1.82, 2.24) is 9.62 Å². The number of carbonyl (C=O) groups excluding carboxylic acids is 1. The summed E-state index contributed by atoms with van der Waals surface area (Å²) in [4.78, 5) is 11.1. The number of thioether (sulfide) groups is 2. The van der Waals surface area contributed by atoms with Crippen molar-refractivity contribution < 1.29 is 13.6 Å². The summed E-state index contributed by atoms with van der Waals surface area (Å²) >= 11 is 1.01. The fourth-order valence-corrected chi connectivity index (χ4v) is 3.21. The normalized spacial score (nSPS) is 12.2. The summed E-state index contributed by atoms with van der Waals surface area (Å²) in [6.07, 6.45) is 0. The molecule has 0 aliphatic rings. The Hall–Kier alpha value is 0.0800. The number of carbonyl (C=O) groups is 1. The van der Waals surface area contributed by atoms with Gasteiger partial charge >= 0.3 is 6.03 Å². The van der Waals surface area contributed by atoms with Crippen LogP contribution in [0.4, 0.5) is 4.79 Å². The van der Waals surface area contributed by atoms with Gasteiger partial charge in [0.25, 0.3) is 0 Å². The zero-order valence-electron chi connectivity index (χ0n) is 9.43. The van der Waals surface area contributed by atoms with Crippen LogP contribution in [-0.2, 0) is 11.3 Å². The van der Waals surface area contributed by atoms with E-state index < -0.39 is 17.3 Å². The highest BCUT2D eigenvalue weighted by Crippen LogP contribution is 2.07. The van der Waals surface area contributed by atoms with Gasteiger partial charge in [0.1, 0.15) is 0 Å². The van der Waals surface area contributed by atoms with Gasteiger partial charge in [-0.05, 0) is 5.75 Å². The quantitative estimate of drug-likeness (QED) is 0.530. The van der Waals surface area contributed by atoms with E-state index in [-0.39, 0.29) is 6.54 Å². The van der Waals surface area contributed by atoms with Crippen molar-refractivity contribution >= 4 is 40.8 Å². The van der Waals surface area contributed by atoms with Crippen LogP contribution >= 0.6 is 23.5 Å². The number of amides is 2. The van der Waals surface area contributed by atoms with Crippen LogP contribution in [0, 0.1) is 0 Å². The molecule has 0 aliphatic heterocycles. The minimum atomic E-state index is -2.49. The summed E-state index contributed by atoms with van der Waals surface area (Å²) in [6, 6.07) is -0.586. The summed E-state index contributed by atoms with van der Waals surface area (Å²) in [7, 11) is 1.41. The lowest BCUT2D eigenvalue weighted by Gasteiger charge is -2.23. The first-order valence-electron chi connectivity index (χ1n) is 4.87. The van der Waals surface area contributed by atoms with Gasteiger partial charge in [-0.15, -0.1) is 0 Å². The standard InChI is InChI=1S/C8H18N2O3S3/c1-3-14-6-7-15-5-4-10(16(12)13)8(11)9-2/h3-7H2,1-2H3,(H,9,11)(H,12,13)/p-1. The summed E-state index contributed by atoms with van der Waals surface area (Å²) in [5.74, 6) is 3.76. The Labute approximate surface area is 108 Å². The maximum absolute atomic E-state index is 11.1. The SMILES string of the molecule is CCSCCSCCN(C(=O)NC)S(=O)[O-]. The van der Waals surface area contributed by atoms with E-state index in [1.807, 2.05) is 11.8 Å². The lowest BCUT2D eigenvalue weighted by molar-refractivity contribution is 0.226. The summed E-state index contributed by atoms with van der Waals surface area (Å²) in [5.41, 5.74) is 0. The van der Waals surface area contributed by atoms with Crippen LogP contribution in [0.3, 0.4) is 0 Å². The molecule has 0 aromatic carbocycles. The van der Waals surface area contributed by atoms with Gasteiger partial charge < -0.3 is 9.87 Å². The van der Waals surface area contributed by atoms with Crippen LogP contribution in [0.15, 0.2) is 0 Å². The number of hydrogen-bond donors (Lipinski definition) is 1. The van der Waals surface area contributed by atoms with Crippen molar-refractivity contribution in [2.45, 2.75) is 6.92 Å². The Morgan fingerprint density at radius 1 is 1.38 bits per heavy atom. The van der Waals surface area contributed by atoms with E-state index in [4.69, 9.17) is 0 Å². The number of rotatable bonds is 8. The molecule has 2 amide bonds. The molecule has 0 aliphatic carbocycles. The molecule has 0 fully saturated rings. The largest absolute Gasteiger partial charge is 0.755 e. The number of urea groups is 1. The second-order valence-electron chi connectivity index (χ2n) is 2.68. The molecule has 0 aromatic heterocycles. The van der Waals surface area contributed by atoms with E-state index in [1.54, 1.807) is 11.8 Å². The minimum absolute atomic E-state index is 0.219. The molecule has 0 heterocycles. The molecule has 0 saturated heterocycles. The minimum Gasteiger partial charge on any atom is -0.755 e. The second kappa shape index (κ2) is 10.2. The number of nitrogens with one attached hydrogen (secondary N) is 1. The first kappa shape index (κ1) is 16.1. The van der Waals surface area contributed by atoms with E-state index in [1.165, 1.54) is 7.05 Å². The molecule has 0 saturated carbocycles. The van der Waals surface area contributed by atoms with Gasteiger partial charge in [0.2, 0.25) is 0 Å². The monoisotopic (exact) mass is 285 g/mol. The molecular formula is C8H17N2O3S3-. The van der Waals surface area contributed by atoms with Crippen molar-refractivity contribution in [3.63, 3.8) is 0 Å². The second-order valence-corrected chi connectivity index (χ2v) is 6.18. The van der Waals surface area contributed by atoms with Crippen LogP contribution in [0.25, 0.3) is 0 Å². The van der Waals surface area contributed by atoms with E-state index in [9.17, 15) is 13.6 Å². The number of nitrogens with zero attached hydrogens (tertiary/aromatic N) is 1. The van der Waals surface area contributed by atoms with Gasteiger partial charge in [-0.3, -0.25) is 8.51 Å². The van der Waals surface area contributed by atoms with Crippen LogP contribution in [-0.4, -0.2) is 55.7 Å². The molecular weight excluding hydrogens is 268 g/mol. The Morgan fingerprint density at radius 3 is 2.50 bits per heavy atom. The summed E-state index contributed by atoms with van der Waals surface area (Å²) in [6.45, 7) is 2.32. The van der Waals surface area contributed by atoms with Crippen molar-refractivity contribution in [1.29, 1.82) is 0 Å². The average Bonchev–Trinajstić information content (AvgIpc) is 2.26. The fourth-order valence-electron chi connectivity index (χ4n) is 0.880. The van der Waals surface area contributed by atoms with Gasteiger partial charge in [0, 0.05) is 30.9 Å². The average molecular weight is 285 g/mol. The molecule has 1 unspecified atom stereocenters. The molecule has 8 heteroatoms. The van der Waals surface area contributed by atoms with E-state index in [0.29, 0.717) is 5.75 Å². The highest BCUT2D eigenvalue weighted by atomic mass is 32.2. The Bertz CT molecular complexity index is 229. The fraction of sp³-hybridized carbons (Fsp3) is 0.875. The maximum Gasteiger partial charge on any atom is 0.328 e. The zero-order chi connectivity index (χ0) is 12.4. The number of hydrogen-bond acceptors (Lipinski definition) is 5. The molecule has 0 spiro atoms. The smallest absolute Gasteiger partial charge is 0.328 e. The Kier molecular flexibility index (Phi) is 10.3. The van der Waals surface area contributed by atoms with E-state index in [2.05, 4.69) is 12.2 Å². The lowest BCUT2D eigenvalue weighted by Crippen LogP contribution is -2.40. The van der Waals surface area contributed by atoms with Crippen LogP contribution < -0.4 is 5.32 Å². The van der Waals surface area contributed by atoms with E-state index in [0.717, 1.165) is 21.6 Å². The first-order chi connectivity index (χ1) is 7.63. The molecule has 16 heavy (non-hydrogen) atoms. The van der Waals surface area contributed by atoms with Gasteiger partial charge in [0.05, 0.1) is 11.3 Å². The van der Waals surface area contributed by atoms with Crippen molar-refractivity contribution in [2.24, 2.45) is 0 Å². The molecule has 0 rings (SSSR count). The predicted octanol–water partition coefficient (Wildman–Crippen LogP) is 0.908. The van der Waals surface area contributed by atoms with Crippen molar-refractivity contribution in [3.05, 3.63) is 0 Å². The van der Waals surface area contributed by atoms with Gasteiger partial charge in [-0.1, -0.05) is 6.92 Å². The third-order valence-electron chi connectivity index (χ3n) is 1.64. The summed E-state index contributed by atoms with van der Waals surface area (Å²) < 4.78 is 22.2. The zero-order valence-corrected chi connectivity index (χ0v) is 11.9. The van der Waals surface area contributed by atoms with Crippen molar-refractivity contribution in [2.75, 3.05) is 36.6 Å². The summed E-state index contributed by atoms with van der Waals surface area (Å²) in [5, 5.41) is 2.29. The maximum atomic E-state index is 11.1. The van der Waals surface area contributed by atoms with Crippen molar-refractivity contribution in [3.8, 4) is 0 Å². The Morgan fingerprint density at radius 2 is 2.00 bits per heavy atom. The molecule has 0 radical (unpaired) electrons. The lowest BCUT2D eigenvalue weighted by atomic mass is 10.7. The molecule has 1 atom stereocenters. The van der Waals surface area contributed by atoms with Gasteiger partial charge in [-0.25, -0.2) is 4.79 Å². The highest BCUT2D eigenvalue weighted by molar-refractivity contribution is 8.02. The van der Waals surface area contributed by atoms with Crippen LogP contribution in [0.1, 0.15) is 6.92 Å². The molecule has 5 nitrogen and oxygen atoms in total. The predicted molar refractivity (Wildman–Crippen MR) is 70.4 cm³/mol.